The molecule has 1 N–H and O–H groups in total. The van der Waals surface area contributed by atoms with Gasteiger partial charge in [0, 0.05) is 11.0 Å². The van der Waals surface area contributed by atoms with E-state index < -0.39 is 0 Å². The minimum Gasteiger partial charge on any atom is -0.372 e. The predicted molar refractivity (Wildman–Crippen MR) is 92.6 cm³/mol. The molecule has 0 radical (unpaired) electrons. The summed E-state index contributed by atoms with van der Waals surface area (Å²) in [5.41, 5.74) is 1.27. The maximum absolute atomic E-state index is 6.29. The molecule has 0 aromatic heterocycles. The molecule has 1 fully saturated rings. The fourth-order valence-corrected chi connectivity index (χ4v) is 3.41. The topological polar surface area (TPSA) is 21.3 Å². The van der Waals surface area contributed by atoms with Gasteiger partial charge in [-0.25, -0.2) is 0 Å². The van der Waals surface area contributed by atoms with E-state index in [2.05, 4.69) is 52.4 Å². The van der Waals surface area contributed by atoms with Crippen molar-refractivity contribution >= 4 is 15.9 Å². The van der Waals surface area contributed by atoms with Gasteiger partial charge in [0.15, 0.2) is 0 Å². The monoisotopic (exact) mass is 353 g/mol. The van der Waals surface area contributed by atoms with Crippen LogP contribution in [-0.2, 0) is 4.74 Å². The van der Waals surface area contributed by atoms with Crippen molar-refractivity contribution in [1.29, 1.82) is 0 Å². The molecule has 0 aliphatic heterocycles. The van der Waals surface area contributed by atoms with Crippen LogP contribution < -0.4 is 5.32 Å². The van der Waals surface area contributed by atoms with Crippen LogP contribution in [0.4, 0.5) is 0 Å². The number of nitrogens with one attached hydrogen (secondary N) is 1. The van der Waals surface area contributed by atoms with Crippen LogP contribution in [-0.4, -0.2) is 19.7 Å². The molecule has 1 aromatic carbocycles. The molecule has 118 valence electrons. The Labute approximate surface area is 137 Å². The number of hydrogen-bond donors (Lipinski definition) is 1. The van der Waals surface area contributed by atoms with E-state index in [1.54, 1.807) is 0 Å². The van der Waals surface area contributed by atoms with Crippen molar-refractivity contribution < 1.29 is 4.74 Å². The molecule has 3 heteroatoms. The van der Waals surface area contributed by atoms with Crippen LogP contribution in [0.25, 0.3) is 0 Å². The Morgan fingerprint density at radius 2 is 2.10 bits per heavy atom. The van der Waals surface area contributed by atoms with E-state index in [1.165, 1.54) is 37.7 Å². The molecule has 0 amide bonds. The third kappa shape index (κ3) is 6.09. The summed E-state index contributed by atoms with van der Waals surface area (Å²) in [5.74, 6) is 0.763. The van der Waals surface area contributed by atoms with E-state index in [9.17, 15) is 0 Å². The van der Waals surface area contributed by atoms with Crippen molar-refractivity contribution in [2.45, 2.75) is 51.6 Å². The highest BCUT2D eigenvalue weighted by atomic mass is 79.9. The van der Waals surface area contributed by atoms with E-state index in [1.807, 2.05) is 0 Å². The van der Waals surface area contributed by atoms with Gasteiger partial charge in [0.05, 0.1) is 12.7 Å². The Hall–Kier alpha value is -0.380. The van der Waals surface area contributed by atoms with Gasteiger partial charge in [-0.2, -0.15) is 0 Å². The Morgan fingerprint density at radius 3 is 2.81 bits per heavy atom. The molecule has 1 aromatic rings. The molecule has 0 heterocycles. The Morgan fingerprint density at radius 1 is 1.29 bits per heavy atom. The quantitative estimate of drug-likeness (QED) is 0.657. The molecule has 21 heavy (non-hydrogen) atoms. The first-order valence-corrected chi connectivity index (χ1v) is 9.16. The van der Waals surface area contributed by atoms with Gasteiger partial charge in [-0.05, 0) is 49.4 Å². The van der Waals surface area contributed by atoms with E-state index in [0.29, 0.717) is 0 Å². The maximum Gasteiger partial charge on any atom is 0.0949 e. The Balaban J connectivity index is 1.91. The van der Waals surface area contributed by atoms with Gasteiger partial charge in [0.25, 0.3) is 0 Å². The van der Waals surface area contributed by atoms with Crippen molar-refractivity contribution in [2.75, 3.05) is 19.7 Å². The van der Waals surface area contributed by atoms with Crippen molar-refractivity contribution in [3.8, 4) is 0 Å². The van der Waals surface area contributed by atoms with Crippen molar-refractivity contribution in [3.63, 3.8) is 0 Å². The van der Waals surface area contributed by atoms with Gasteiger partial charge in [-0.15, -0.1) is 0 Å². The van der Waals surface area contributed by atoms with Crippen LogP contribution in [0.2, 0.25) is 0 Å². The van der Waals surface area contributed by atoms with E-state index in [-0.39, 0.29) is 6.10 Å². The lowest BCUT2D eigenvalue weighted by molar-refractivity contribution is 0.0200. The molecule has 1 unspecified atom stereocenters. The first-order chi connectivity index (χ1) is 10.3. The minimum atomic E-state index is 0.163. The normalized spacial score (nSPS) is 17.8. The van der Waals surface area contributed by atoms with Gasteiger partial charge in [-0.1, -0.05) is 54.2 Å². The molecular formula is C18H28BrNO. The average Bonchev–Trinajstić information content (AvgIpc) is 2.52. The summed E-state index contributed by atoms with van der Waals surface area (Å²) in [6.07, 6.45) is 8.17. The molecule has 1 saturated carbocycles. The first kappa shape index (κ1) is 17.0. The Kier molecular flexibility index (Phi) is 7.76. The number of rotatable bonds is 8. The summed E-state index contributed by atoms with van der Waals surface area (Å²) in [6, 6.07) is 8.51. The van der Waals surface area contributed by atoms with Gasteiger partial charge >= 0.3 is 0 Å². The lowest BCUT2D eigenvalue weighted by atomic mass is 9.90. The first-order valence-electron chi connectivity index (χ1n) is 8.37. The van der Waals surface area contributed by atoms with Gasteiger partial charge < -0.3 is 10.1 Å². The third-order valence-corrected chi connectivity index (χ3v) is 4.73. The SMILES string of the molecule is CCCNCC(OCC1CCCCC1)c1cccc(Br)c1. The molecule has 2 nitrogen and oxygen atoms in total. The zero-order valence-electron chi connectivity index (χ0n) is 13.1. The molecule has 2 rings (SSSR count). The Bertz CT molecular complexity index is 404. The van der Waals surface area contributed by atoms with Crippen LogP contribution in [0.15, 0.2) is 28.7 Å². The fourth-order valence-electron chi connectivity index (χ4n) is 3.00. The molecule has 1 aliphatic carbocycles. The number of benzene rings is 1. The van der Waals surface area contributed by atoms with Crippen molar-refractivity contribution in [2.24, 2.45) is 5.92 Å². The smallest absolute Gasteiger partial charge is 0.0949 e. The van der Waals surface area contributed by atoms with Crippen molar-refractivity contribution in [1.82, 2.24) is 5.32 Å². The number of halogens is 1. The van der Waals surface area contributed by atoms with Crippen LogP contribution in [0.3, 0.4) is 0 Å². The highest BCUT2D eigenvalue weighted by Crippen LogP contribution is 2.27. The van der Waals surface area contributed by atoms with Gasteiger partial charge in [-0.3, -0.25) is 0 Å². The average molecular weight is 354 g/mol. The van der Waals surface area contributed by atoms with Crippen LogP contribution >= 0.6 is 15.9 Å². The highest BCUT2D eigenvalue weighted by molar-refractivity contribution is 9.10. The number of ether oxygens (including phenoxy) is 1. The minimum absolute atomic E-state index is 0.163. The van der Waals surface area contributed by atoms with Crippen LogP contribution in [0.5, 0.6) is 0 Å². The standard InChI is InChI=1S/C18H28BrNO/c1-2-11-20-13-18(16-9-6-10-17(19)12-16)21-14-15-7-4-3-5-8-15/h6,9-10,12,15,18,20H,2-5,7-8,11,13-14H2,1H3. The zero-order valence-corrected chi connectivity index (χ0v) is 14.7. The second kappa shape index (κ2) is 9.60. The maximum atomic E-state index is 6.29. The summed E-state index contributed by atoms with van der Waals surface area (Å²) < 4.78 is 7.41. The van der Waals surface area contributed by atoms with E-state index in [0.717, 1.165) is 36.5 Å². The summed E-state index contributed by atoms with van der Waals surface area (Å²) >= 11 is 3.56. The summed E-state index contributed by atoms with van der Waals surface area (Å²) in [5, 5.41) is 3.50. The molecule has 0 saturated heterocycles. The lowest BCUT2D eigenvalue weighted by Gasteiger charge is -2.25. The second-order valence-corrected chi connectivity index (χ2v) is 7.00. The summed E-state index contributed by atoms with van der Waals surface area (Å²) in [6.45, 7) is 5.06. The predicted octanol–water partition coefficient (Wildman–Crippen LogP) is 5.09. The van der Waals surface area contributed by atoms with E-state index >= 15 is 0 Å². The van der Waals surface area contributed by atoms with Gasteiger partial charge in [0.2, 0.25) is 0 Å². The molecule has 0 bridgehead atoms. The third-order valence-electron chi connectivity index (χ3n) is 4.23. The molecular weight excluding hydrogens is 326 g/mol. The van der Waals surface area contributed by atoms with Crippen molar-refractivity contribution in [3.05, 3.63) is 34.3 Å². The largest absolute Gasteiger partial charge is 0.372 e. The molecule has 1 atom stereocenters. The second-order valence-electron chi connectivity index (χ2n) is 6.09. The van der Waals surface area contributed by atoms with Gasteiger partial charge in [0.1, 0.15) is 0 Å². The molecule has 1 aliphatic rings. The number of hydrogen-bond acceptors (Lipinski definition) is 2. The van der Waals surface area contributed by atoms with E-state index in [4.69, 9.17) is 4.74 Å². The highest BCUT2D eigenvalue weighted by Gasteiger charge is 2.18. The lowest BCUT2D eigenvalue weighted by Crippen LogP contribution is -2.26. The van der Waals surface area contributed by atoms with Crippen LogP contribution in [0, 0.1) is 5.92 Å². The van der Waals surface area contributed by atoms with Crippen LogP contribution in [0.1, 0.15) is 57.1 Å². The summed E-state index contributed by atoms with van der Waals surface area (Å²) in [4.78, 5) is 0. The fraction of sp³-hybridized carbons (Fsp3) is 0.667. The molecule has 0 spiro atoms. The summed E-state index contributed by atoms with van der Waals surface area (Å²) in [7, 11) is 0. The zero-order chi connectivity index (χ0) is 14.9.